The first-order chi connectivity index (χ1) is 10.4. The van der Waals surface area contributed by atoms with E-state index in [1.807, 2.05) is 13.0 Å². The summed E-state index contributed by atoms with van der Waals surface area (Å²) in [6, 6.07) is 0. The highest BCUT2D eigenvalue weighted by atomic mass is 16.3. The molecule has 2 saturated carbocycles. The van der Waals surface area contributed by atoms with Crippen molar-refractivity contribution in [3.63, 3.8) is 0 Å². The second-order valence-corrected chi connectivity index (χ2v) is 7.76. The molecule has 22 heavy (non-hydrogen) atoms. The van der Waals surface area contributed by atoms with Crippen LogP contribution in [0.25, 0.3) is 0 Å². The van der Waals surface area contributed by atoms with Gasteiger partial charge in [-0.2, -0.15) is 0 Å². The number of fused-ring (bicyclic) bond motifs is 5. The fourth-order valence-corrected chi connectivity index (χ4v) is 5.33. The molecule has 0 aromatic carbocycles. The Kier molecular flexibility index (Phi) is 2.75. The average molecular weight is 298 g/mol. The van der Waals surface area contributed by atoms with Gasteiger partial charge in [0, 0.05) is 10.8 Å². The summed E-state index contributed by atoms with van der Waals surface area (Å²) in [4.78, 5) is 24.1. The molecule has 0 heterocycles. The second-order valence-electron chi connectivity index (χ2n) is 7.76. The minimum atomic E-state index is -0.795. The summed E-state index contributed by atoms with van der Waals surface area (Å²) < 4.78 is 0. The van der Waals surface area contributed by atoms with Gasteiger partial charge >= 0.3 is 0 Å². The SMILES string of the molecule is C[C@]12C=CC(=O)C=C1CCC1C2=CC[C@]2(C)C(=O)[C@H](O)CC12. The predicted octanol–water partition coefficient (Wildman–Crippen LogP) is 2.75. The van der Waals surface area contributed by atoms with Gasteiger partial charge in [-0.15, -0.1) is 0 Å². The van der Waals surface area contributed by atoms with Gasteiger partial charge in [-0.25, -0.2) is 0 Å². The van der Waals surface area contributed by atoms with E-state index in [9.17, 15) is 14.7 Å². The second kappa shape index (κ2) is 4.29. The molecule has 0 radical (unpaired) electrons. The molecule has 0 bridgehead atoms. The van der Waals surface area contributed by atoms with Crippen LogP contribution in [-0.2, 0) is 9.59 Å². The van der Waals surface area contributed by atoms with Crippen molar-refractivity contribution in [2.75, 3.05) is 0 Å². The molecule has 0 aromatic heterocycles. The Morgan fingerprint density at radius 2 is 2.05 bits per heavy atom. The lowest BCUT2D eigenvalue weighted by Crippen LogP contribution is -2.43. The van der Waals surface area contributed by atoms with Crippen molar-refractivity contribution in [2.45, 2.75) is 45.6 Å². The van der Waals surface area contributed by atoms with Crippen LogP contribution >= 0.6 is 0 Å². The van der Waals surface area contributed by atoms with E-state index in [1.54, 1.807) is 12.2 Å². The maximum absolute atomic E-state index is 12.4. The van der Waals surface area contributed by atoms with Gasteiger partial charge in [0.15, 0.2) is 11.6 Å². The summed E-state index contributed by atoms with van der Waals surface area (Å²) in [6.07, 6.45) is 10.1. The van der Waals surface area contributed by atoms with Gasteiger partial charge in [-0.1, -0.05) is 30.2 Å². The van der Waals surface area contributed by atoms with Crippen molar-refractivity contribution in [3.8, 4) is 0 Å². The molecule has 3 nitrogen and oxygen atoms in total. The van der Waals surface area contributed by atoms with Crippen LogP contribution in [-0.4, -0.2) is 22.8 Å². The van der Waals surface area contributed by atoms with Crippen molar-refractivity contribution < 1.29 is 14.7 Å². The normalized spacial score (nSPS) is 46.6. The van der Waals surface area contributed by atoms with E-state index in [4.69, 9.17) is 0 Å². The summed E-state index contributed by atoms with van der Waals surface area (Å²) in [6.45, 7) is 4.22. The Labute approximate surface area is 130 Å². The Bertz CT molecular complexity index is 668. The molecule has 4 aliphatic rings. The topological polar surface area (TPSA) is 54.4 Å². The third kappa shape index (κ3) is 1.60. The van der Waals surface area contributed by atoms with Crippen molar-refractivity contribution in [2.24, 2.45) is 22.7 Å². The summed E-state index contributed by atoms with van der Waals surface area (Å²) >= 11 is 0. The molecule has 0 amide bonds. The summed E-state index contributed by atoms with van der Waals surface area (Å²) in [5, 5.41) is 10.1. The van der Waals surface area contributed by atoms with Gasteiger partial charge < -0.3 is 5.11 Å². The van der Waals surface area contributed by atoms with Gasteiger partial charge in [-0.05, 0) is 56.6 Å². The molecule has 0 aromatic rings. The lowest BCUT2D eigenvalue weighted by Gasteiger charge is -2.50. The van der Waals surface area contributed by atoms with Gasteiger partial charge in [0.2, 0.25) is 0 Å². The first-order valence-electron chi connectivity index (χ1n) is 8.23. The monoisotopic (exact) mass is 298 g/mol. The van der Waals surface area contributed by atoms with Gasteiger partial charge in [0.05, 0.1) is 0 Å². The first kappa shape index (κ1) is 14.1. The van der Waals surface area contributed by atoms with Crippen LogP contribution in [0.4, 0.5) is 0 Å². The van der Waals surface area contributed by atoms with Crippen LogP contribution in [0.3, 0.4) is 0 Å². The summed E-state index contributed by atoms with van der Waals surface area (Å²) in [5.74, 6) is 0.687. The quantitative estimate of drug-likeness (QED) is 0.700. The Hall–Kier alpha value is -1.48. The molecule has 1 N–H and O–H groups in total. The fraction of sp³-hybridized carbons (Fsp3) is 0.579. The van der Waals surface area contributed by atoms with Crippen molar-refractivity contribution in [3.05, 3.63) is 35.5 Å². The smallest absolute Gasteiger partial charge is 0.178 e. The van der Waals surface area contributed by atoms with Crippen molar-refractivity contribution >= 4 is 11.6 Å². The van der Waals surface area contributed by atoms with E-state index in [2.05, 4.69) is 13.0 Å². The molecule has 2 unspecified atom stereocenters. The number of aliphatic hydroxyl groups excluding tert-OH is 1. The van der Waals surface area contributed by atoms with Crippen LogP contribution in [0, 0.1) is 22.7 Å². The maximum atomic E-state index is 12.4. The summed E-state index contributed by atoms with van der Waals surface area (Å²) in [5.41, 5.74) is 1.99. The number of hydrogen-bond donors (Lipinski definition) is 1. The number of carbonyl (C=O) groups excluding carboxylic acids is 2. The standard InChI is InChI=1S/C19H22O3/c1-18-7-5-12(20)9-11(18)3-4-13-14(18)6-8-19(2)15(13)10-16(21)17(19)22/h5-7,9,13,15-16,21H,3-4,8,10H2,1-2H3/t13?,15?,16-,18+,19+/m1/s1. The number of hydrogen-bond acceptors (Lipinski definition) is 3. The largest absolute Gasteiger partial charge is 0.385 e. The van der Waals surface area contributed by atoms with Crippen molar-refractivity contribution in [1.82, 2.24) is 0 Å². The third-order valence-electron chi connectivity index (χ3n) is 6.68. The van der Waals surface area contributed by atoms with Crippen molar-refractivity contribution in [1.29, 1.82) is 0 Å². The fourth-order valence-electron chi connectivity index (χ4n) is 5.33. The van der Waals surface area contributed by atoms with E-state index >= 15 is 0 Å². The van der Waals surface area contributed by atoms with Gasteiger partial charge in [0.25, 0.3) is 0 Å². The number of Topliss-reactive ketones (excluding diaryl/α,β-unsaturated/α-hetero) is 1. The lowest BCUT2D eigenvalue weighted by molar-refractivity contribution is -0.133. The maximum Gasteiger partial charge on any atom is 0.178 e. The van der Waals surface area contributed by atoms with Gasteiger partial charge in [-0.3, -0.25) is 9.59 Å². The highest BCUT2D eigenvalue weighted by Crippen LogP contribution is 2.61. The van der Waals surface area contributed by atoms with E-state index in [0.717, 1.165) is 12.8 Å². The van der Waals surface area contributed by atoms with E-state index in [0.29, 0.717) is 18.8 Å². The molecule has 5 atom stereocenters. The molecule has 0 aliphatic heterocycles. The molecule has 4 rings (SSSR count). The highest BCUT2D eigenvalue weighted by Gasteiger charge is 2.58. The molecular weight excluding hydrogens is 276 g/mol. The minimum Gasteiger partial charge on any atom is -0.385 e. The molecule has 0 spiro atoms. The molecule has 4 aliphatic carbocycles. The zero-order valence-corrected chi connectivity index (χ0v) is 13.1. The van der Waals surface area contributed by atoms with E-state index < -0.39 is 11.5 Å². The predicted molar refractivity (Wildman–Crippen MR) is 83.0 cm³/mol. The summed E-state index contributed by atoms with van der Waals surface area (Å²) in [7, 11) is 0. The van der Waals surface area contributed by atoms with Crippen LogP contribution in [0.1, 0.15) is 39.5 Å². The number of allylic oxidation sites excluding steroid dienone is 6. The average Bonchev–Trinajstić information content (AvgIpc) is 2.72. The number of aliphatic hydroxyl groups is 1. The van der Waals surface area contributed by atoms with Crippen LogP contribution in [0.5, 0.6) is 0 Å². The number of carbonyl (C=O) groups is 2. The zero-order chi connectivity index (χ0) is 15.7. The Balaban J connectivity index is 1.79. The molecular formula is C19H22O3. The highest BCUT2D eigenvalue weighted by molar-refractivity contribution is 6.01. The molecule has 3 heteroatoms. The Morgan fingerprint density at radius 1 is 1.27 bits per heavy atom. The van der Waals surface area contributed by atoms with E-state index in [-0.39, 0.29) is 22.9 Å². The lowest BCUT2D eigenvalue weighted by atomic mass is 9.53. The van der Waals surface area contributed by atoms with Crippen LogP contribution in [0.2, 0.25) is 0 Å². The molecule has 2 fully saturated rings. The van der Waals surface area contributed by atoms with Crippen LogP contribution < -0.4 is 0 Å². The van der Waals surface area contributed by atoms with Gasteiger partial charge in [0.1, 0.15) is 6.10 Å². The number of rotatable bonds is 0. The third-order valence-corrected chi connectivity index (χ3v) is 6.68. The first-order valence-corrected chi connectivity index (χ1v) is 8.23. The minimum absolute atomic E-state index is 0.0219. The van der Waals surface area contributed by atoms with Crippen LogP contribution in [0.15, 0.2) is 35.5 Å². The molecule has 116 valence electrons. The molecule has 0 saturated heterocycles. The zero-order valence-electron chi connectivity index (χ0n) is 13.1. The number of ketones is 2. The Morgan fingerprint density at radius 3 is 2.82 bits per heavy atom. The van der Waals surface area contributed by atoms with E-state index in [1.165, 1.54) is 11.1 Å².